The van der Waals surface area contributed by atoms with Crippen LogP contribution in [0.2, 0.25) is 0 Å². The van der Waals surface area contributed by atoms with Crippen molar-refractivity contribution in [3.63, 3.8) is 0 Å². The molecular weight excluding hydrogens is 265 g/mol. The second-order valence-corrected chi connectivity index (χ2v) is 4.97. The minimum atomic E-state index is -0.321. The van der Waals surface area contributed by atoms with Gasteiger partial charge < -0.3 is 10.5 Å². The zero-order valence-corrected chi connectivity index (χ0v) is 12.2. The smallest absolute Gasteiger partial charge is 0.124 e. The summed E-state index contributed by atoms with van der Waals surface area (Å²) < 4.78 is 19.3. The second kappa shape index (κ2) is 6.92. The number of nitrogens with two attached hydrogens (primary N) is 1. The van der Waals surface area contributed by atoms with E-state index in [0.717, 1.165) is 22.4 Å². The minimum Gasteiger partial charge on any atom is -0.489 e. The van der Waals surface area contributed by atoms with Crippen molar-refractivity contribution in [2.45, 2.75) is 20.5 Å². The van der Waals surface area contributed by atoms with Crippen molar-refractivity contribution in [3.8, 4) is 17.6 Å². The highest BCUT2D eigenvalue weighted by Crippen LogP contribution is 2.18. The summed E-state index contributed by atoms with van der Waals surface area (Å²) in [4.78, 5) is 0. The highest BCUT2D eigenvalue weighted by Gasteiger charge is 2.02. The Bertz CT molecular complexity index is 678. The van der Waals surface area contributed by atoms with Crippen molar-refractivity contribution in [1.29, 1.82) is 0 Å². The summed E-state index contributed by atoms with van der Waals surface area (Å²) in [6, 6.07) is 10.7. The lowest BCUT2D eigenvalue weighted by atomic mass is 10.1. The molecule has 0 bridgehead atoms. The highest BCUT2D eigenvalue weighted by molar-refractivity contribution is 5.38. The van der Waals surface area contributed by atoms with Crippen molar-refractivity contribution < 1.29 is 9.13 Å². The normalized spacial score (nSPS) is 9.90. The molecule has 0 unspecified atom stereocenters. The zero-order chi connectivity index (χ0) is 15.2. The Morgan fingerprint density at radius 2 is 1.76 bits per heavy atom. The first-order valence-corrected chi connectivity index (χ1v) is 6.76. The van der Waals surface area contributed by atoms with Gasteiger partial charge in [0.25, 0.3) is 0 Å². The summed E-state index contributed by atoms with van der Waals surface area (Å²) in [6.07, 6.45) is 0. The molecule has 0 atom stereocenters. The van der Waals surface area contributed by atoms with Crippen LogP contribution in [0.4, 0.5) is 4.39 Å². The molecule has 0 saturated carbocycles. The van der Waals surface area contributed by atoms with Crippen molar-refractivity contribution in [2.24, 2.45) is 5.73 Å². The van der Waals surface area contributed by atoms with E-state index in [1.54, 1.807) is 0 Å². The van der Waals surface area contributed by atoms with Crippen molar-refractivity contribution >= 4 is 0 Å². The van der Waals surface area contributed by atoms with E-state index >= 15 is 0 Å². The number of rotatable bonds is 3. The lowest BCUT2D eigenvalue weighted by Gasteiger charge is -2.09. The molecular formula is C18H18FNO. The van der Waals surface area contributed by atoms with Gasteiger partial charge in [0.1, 0.15) is 18.2 Å². The summed E-state index contributed by atoms with van der Waals surface area (Å²) in [5, 5.41) is 0. The van der Waals surface area contributed by atoms with Crippen LogP contribution in [-0.4, -0.2) is 6.54 Å². The Labute approximate surface area is 124 Å². The topological polar surface area (TPSA) is 35.2 Å². The third kappa shape index (κ3) is 4.62. The molecule has 0 heterocycles. The molecule has 0 fully saturated rings. The second-order valence-electron chi connectivity index (χ2n) is 4.97. The summed E-state index contributed by atoms with van der Waals surface area (Å²) in [5.74, 6) is 6.01. The van der Waals surface area contributed by atoms with Crippen LogP contribution < -0.4 is 10.5 Å². The highest BCUT2D eigenvalue weighted by atomic mass is 19.1. The molecule has 0 radical (unpaired) electrons. The summed E-state index contributed by atoms with van der Waals surface area (Å²) >= 11 is 0. The molecule has 0 saturated heterocycles. The first kappa shape index (κ1) is 15.1. The number of benzene rings is 2. The van der Waals surface area contributed by atoms with E-state index in [-0.39, 0.29) is 12.4 Å². The van der Waals surface area contributed by atoms with Gasteiger partial charge in [0.05, 0.1) is 6.54 Å². The van der Waals surface area contributed by atoms with E-state index in [1.165, 1.54) is 12.1 Å². The van der Waals surface area contributed by atoms with E-state index in [1.807, 2.05) is 32.0 Å². The van der Waals surface area contributed by atoms with E-state index in [0.29, 0.717) is 12.2 Å². The molecule has 21 heavy (non-hydrogen) atoms. The average molecular weight is 283 g/mol. The Hall–Kier alpha value is -2.31. The Morgan fingerprint density at radius 3 is 2.43 bits per heavy atom. The van der Waals surface area contributed by atoms with Gasteiger partial charge in [-0.05, 0) is 60.9 Å². The maximum atomic E-state index is 13.6. The van der Waals surface area contributed by atoms with Crippen molar-refractivity contribution in [2.75, 3.05) is 6.54 Å². The van der Waals surface area contributed by atoms with Gasteiger partial charge in [-0.1, -0.05) is 17.9 Å². The van der Waals surface area contributed by atoms with Crippen LogP contribution in [0.3, 0.4) is 0 Å². The molecule has 2 aromatic carbocycles. The number of hydrogen-bond donors (Lipinski definition) is 1. The molecule has 2 nitrogen and oxygen atoms in total. The monoisotopic (exact) mass is 283 g/mol. The summed E-state index contributed by atoms with van der Waals surface area (Å²) in [5.41, 5.74) is 8.96. The Morgan fingerprint density at radius 1 is 1.05 bits per heavy atom. The van der Waals surface area contributed by atoms with Crippen LogP contribution >= 0.6 is 0 Å². The van der Waals surface area contributed by atoms with Gasteiger partial charge in [0, 0.05) is 5.56 Å². The first-order valence-electron chi connectivity index (χ1n) is 6.76. The fraction of sp³-hybridized carbons (Fsp3) is 0.222. The Balaban J connectivity index is 2.14. The Kier molecular flexibility index (Phi) is 4.97. The summed E-state index contributed by atoms with van der Waals surface area (Å²) in [7, 11) is 0. The average Bonchev–Trinajstić information content (AvgIpc) is 2.41. The molecule has 2 rings (SSSR count). The molecule has 2 aromatic rings. The number of ether oxygens (including phenoxy) is 1. The van der Waals surface area contributed by atoms with Crippen LogP contribution in [0.5, 0.6) is 5.75 Å². The van der Waals surface area contributed by atoms with Gasteiger partial charge in [-0.3, -0.25) is 0 Å². The number of halogens is 1. The molecule has 0 aliphatic heterocycles. The molecule has 3 heteroatoms. The van der Waals surface area contributed by atoms with E-state index in [2.05, 4.69) is 17.9 Å². The standard InChI is InChI=1S/C18H18FNO/c1-13-6-14(2)8-18(7-13)21-12-16-9-15(4-3-5-20)10-17(19)11-16/h6-11H,5,12,20H2,1-2H3. The predicted molar refractivity (Wildman–Crippen MR) is 82.6 cm³/mol. The zero-order valence-electron chi connectivity index (χ0n) is 12.2. The third-order valence-corrected chi connectivity index (χ3v) is 2.89. The SMILES string of the molecule is Cc1cc(C)cc(OCc2cc(F)cc(C#CCN)c2)c1. The predicted octanol–water partition coefficient (Wildman–Crippen LogP) is 3.33. The van der Waals surface area contributed by atoms with Gasteiger partial charge in [0.15, 0.2) is 0 Å². The van der Waals surface area contributed by atoms with E-state index < -0.39 is 0 Å². The van der Waals surface area contributed by atoms with E-state index in [4.69, 9.17) is 10.5 Å². The molecule has 0 aliphatic carbocycles. The van der Waals surface area contributed by atoms with E-state index in [9.17, 15) is 4.39 Å². The lowest BCUT2D eigenvalue weighted by molar-refractivity contribution is 0.305. The number of hydrogen-bond acceptors (Lipinski definition) is 2. The largest absolute Gasteiger partial charge is 0.489 e. The van der Waals surface area contributed by atoms with Crippen molar-refractivity contribution in [1.82, 2.24) is 0 Å². The minimum absolute atomic E-state index is 0.255. The molecule has 108 valence electrons. The van der Waals surface area contributed by atoms with Gasteiger partial charge in [-0.15, -0.1) is 0 Å². The number of aryl methyl sites for hydroxylation is 2. The molecule has 0 amide bonds. The quantitative estimate of drug-likeness (QED) is 0.877. The fourth-order valence-electron chi connectivity index (χ4n) is 2.14. The maximum Gasteiger partial charge on any atom is 0.124 e. The van der Waals surface area contributed by atoms with Crippen LogP contribution in [0, 0.1) is 31.5 Å². The summed E-state index contributed by atoms with van der Waals surface area (Å²) in [6.45, 7) is 4.59. The first-order chi connectivity index (χ1) is 10.1. The fourth-order valence-corrected chi connectivity index (χ4v) is 2.14. The van der Waals surface area contributed by atoms with Gasteiger partial charge in [0.2, 0.25) is 0 Å². The maximum absolute atomic E-state index is 13.6. The van der Waals surface area contributed by atoms with Crippen LogP contribution in [-0.2, 0) is 6.61 Å². The van der Waals surface area contributed by atoms with Gasteiger partial charge in [-0.25, -0.2) is 4.39 Å². The van der Waals surface area contributed by atoms with Crippen LogP contribution in [0.25, 0.3) is 0 Å². The molecule has 0 aromatic heterocycles. The molecule has 0 spiro atoms. The van der Waals surface area contributed by atoms with Gasteiger partial charge >= 0.3 is 0 Å². The van der Waals surface area contributed by atoms with Crippen molar-refractivity contribution in [3.05, 3.63) is 64.5 Å². The molecule has 0 aliphatic rings. The van der Waals surface area contributed by atoms with Crippen LogP contribution in [0.15, 0.2) is 36.4 Å². The van der Waals surface area contributed by atoms with Crippen LogP contribution in [0.1, 0.15) is 22.3 Å². The lowest BCUT2D eigenvalue weighted by Crippen LogP contribution is -1.98. The third-order valence-electron chi connectivity index (χ3n) is 2.89. The molecule has 2 N–H and O–H groups in total. The van der Waals surface area contributed by atoms with Gasteiger partial charge in [-0.2, -0.15) is 0 Å².